The van der Waals surface area contributed by atoms with Crippen LogP contribution in [0.2, 0.25) is 0 Å². The molecule has 0 rings (SSSR count). The predicted octanol–water partition coefficient (Wildman–Crippen LogP) is 4.21. The minimum absolute atomic E-state index is 0.116. The van der Waals surface area contributed by atoms with E-state index < -0.39 is 0 Å². The molecular formula is C18H35NO2. The molecule has 0 unspecified atom stereocenters. The van der Waals surface area contributed by atoms with E-state index >= 15 is 0 Å². The van der Waals surface area contributed by atoms with E-state index in [9.17, 15) is 9.90 Å². The van der Waals surface area contributed by atoms with Crippen molar-refractivity contribution in [2.45, 2.75) is 84.7 Å². The van der Waals surface area contributed by atoms with Crippen molar-refractivity contribution >= 4 is 5.91 Å². The van der Waals surface area contributed by atoms with Gasteiger partial charge in [-0.15, -0.1) is 0 Å². The maximum atomic E-state index is 11.5. The van der Waals surface area contributed by atoms with Crippen LogP contribution in [-0.4, -0.2) is 23.7 Å². The van der Waals surface area contributed by atoms with Crippen LogP contribution in [0, 0.1) is 5.92 Å². The second kappa shape index (κ2) is 14.1. The zero-order chi connectivity index (χ0) is 15.9. The summed E-state index contributed by atoms with van der Waals surface area (Å²) in [4.78, 5) is 11.5. The van der Waals surface area contributed by atoms with Crippen molar-refractivity contribution in [2.75, 3.05) is 6.54 Å². The van der Waals surface area contributed by atoms with Gasteiger partial charge in [0.2, 0.25) is 5.91 Å². The summed E-state index contributed by atoms with van der Waals surface area (Å²) in [5.41, 5.74) is 0. The lowest BCUT2D eigenvalue weighted by atomic mass is 10.1. The fourth-order valence-corrected chi connectivity index (χ4v) is 2.09. The molecule has 124 valence electrons. The quantitative estimate of drug-likeness (QED) is 0.395. The molecule has 0 spiro atoms. The van der Waals surface area contributed by atoms with Crippen LogP contribution in [0.15, 0.2) is 12.2 Å². The molecule has 3 nitrogen and oxygen atoms in total. The van der Waals surface area contributed by atoms with Crippen LogP contribution >= 0.6 is 0 Å². The summed E-state index contributed by atoms with van der Waals surface area (Å²) >= 11 is 0. The Kier molecular flexibility index (Phi) is 13.6. The zero-order valence-electron chi connectivity index (χ0n) is 14.2. The Hall–Kier alpha value is -0.830. The molecule has 2 N–H and O–H groups in total. The Bertz CT molecular complexity index is 274. The standard InChI is InChI=1S/C18H35NO2/c1-4-5-6-7-9-12-17(20)13-10-8-11-14-18(21)19-15-16(2)3/h8,10,16-17,20H,4-7,9,11-15H2,1-3H3,(H,19,21)/b10-8+/t17-/m0/s1. The van der Waals surface area contributed by atoms with Crippen LogP contribution in [0.4, 0.5) is 0 Å². The number of rotatable bonds is 13. The molecule has 0 bridgehead atoms. The zero-order valence-corrected chi connectivity index (χ0v) is 14.2. The second-order valence-corrected chi connectivity index (χ2v) is 6.30. The fourth-order valence-electron chi connectivity index (χ4n) is 2.09. The van der Waals surface area contributed by atoms with E-state index in [4.69, 9.17) is 0 Å². The minimum atomic E-state index is -0.224. The van der Waals surface area contributed by atoms with Crippen molar-refractivity contribution in [2.24, 2.45) is 5.92 Å². The molecule has 0 radical (unpaired) electrons. The van der Waals surface area contributed by atoms with E-state index in [1.807, 2.05) is 12.2 Å². The highest BCUT2D eigenvalue weighted by molar-refractivity contribution is 5.75. The van der Waals surface area contributed by atoms with E-state index in [-0.39, 0.29) is 12.0 Å². The van der Waals surface area contributed by atoms with E-state index in [0.717, 1.165) is 25.8 Å². The van der Waals surface area contributed by atoms with Gasteiger partial charge >= 0.3 is 0 Å². The van der Waals surface area contributed by atoms with Crippen LogP contribution < -0.4 is 5.32 Å². The van der Waals surface area contributed by atoms with Gasteiger partial charge in [-0.05, 0) is 25.2 Å². The first-order valence-corrected chi connectivity index (χ1v) is 8.66. The number of allylic oxidation sites excluding steroid dienone is 1. The van der Waals surface area contributed by atoms with E-state index in [1.54, 1.807) is 0 Å². The predicted molar refractivity (Wildman–Crippen MR) is 90.2 cm³/mol. The number of aliphatic hydroxyl groups is 1. The molecule has 0 saturated heterocycles. The molecule has 0 aliphatic heterocycles. The van der Waals surface area contributed by atoms with Crippen molar-refractivity contribution in [3.8, 4) is 0 Å². The number of hydrogen-bond acceptors (Lipinski definition) is 2. The Labute approximate surface area is 131 Å². The molecule has 21 heavy (non-hydrogen) atoms. The summed E-state index contributed by atoms with van der Waals surface area (Å²) < 4.78 is 0. The van der Waals surface area contributed by atoms with Gasteiger partial charge in [0.05, 0.1) is 6.10 Å². The topological polar surface area (TPSA) is 49.3 Å². The first-order chi connectivity index (χ1) is 10.1. The normalized spacial score (nSPS) is 13.0. The Morgan fingerprint density at radius 1 is 1.14 bits per heavy atom. The average Bonchev–Trinajstić information content (AvgIpc) is 2.44. The van der Waals surface area contributed by atoms with Gasteiger partial charge in [0.15, 0.2) is 0 Å². The maximum absolute atomic E-state index is 11.5. The summed E-state index contributed by atoms with van der Waals surface area (Å²) in [6.45, 7) is 7.13. The molecule has 3 heteroatoms. The second-order valence-electron chi connectivity index (χ2n) is 6.30. The number of amides is 1. The lowest BCUT2D eigenvalue weighted by Crippen LogP contribution is -2.26. The summed E-state index contributed by atoms with van der Waals surface area (Å²) in [5.74, 6) is 0.613. The molecule has 0 aromatic carbocycles. The van der Waals surface area contributed by atoms with Crippen LogP contribution in [0.1, 0.15) is 78.6 Å². The highest BCUT2D eigenvalue weighted by atomic mass is 16.3. The molecule has 0 heterocycles. The third kappa shape index (κ3) is 15.4. The molecule has 0 aliphatic carbocycles. The summed E-state index contributed by atoms with van der Waals surface area (Å²) in [6.07, 6.45) is 12.9. The van der Waals surface area contributed by atoms with Gasteiger partial charge in [-0.3, -0.25) is 4.79 Å². The van der Waals surface area contributed by atoms with Gasteiger partial charge in [-0.1, -0.05) is 65.0 Å². The largest absolute Gasteiger partial charge is 0.393 e. The van der Waals surface area contributed by atoms with Gasteiger partial charge in [0.25, 0.3) is 0 Å². The average molecular weight is 297 g/mol. The number of unbranched alkanes of at least 4 members (excludes halogenated alkanes) is 4. The lowest BCUT2D eigenvalue weighted by molar-refractivity contribution is -0.121. The van der Waals surface area contributed by atoms with Crippen LogP contribution in [0.5, 0.6) is 0 Å². The summed E-state index contributed by atoms with van der Waals surface area (Å²) in [7, 11) is 0. The van der Waals surface area contributed by atoms with Crippen LogP contribution in [-0.2, 0) is 4.79 Å². The number of nitrogens with one attached hydrogen (secondary N) is 1. The molecule has 0 aromatic rings. The molecule has 1 atom stereocenters. The highest BCUT2D eigenvalue weighted by Crippen LogP contribution is 2.09. The molecular weight excluding hydrogens is 262 g/mol. The van der Waals surface area contributed by atoms with Crippen molar-refractivity contribution < 1.29 is 9.90 Å². The lowest BCUT2D eigenvalue weighted by Gasteiger charge is -2.07. The Morgan fingerprint density at radius 2 is 1.86 bits per heavy atom. The van der Waals surface area contributed by atoms with E-state index in [1.165, 1.54) is 25.7 Å². The minimum Gasteiger partial charge on any atom is -0.393 e. The number of carbonyl (C=O) groups excluding carboxylic acids is 1. The summed E-state index contributed by atoms with van der Waals surface area (Å²) in [6, 6.07) is 0. The van der Waals surface area contributed by atoms with Crippen molar-refractivity contribution in [3.63, 3.8) is 0 Å². The van der Waals surface area contributed by atoms with Crippen molar-refractivity contribution in [3.05, 3.63) is 12.2 Å². The van der Waals surface area contributed by atoms with Gasteiger partial charge in [-0.2, -0.15) is 0 Å². The van der Waals surface area contributed by atoms with Gasteiger partial charge < -0.3 is 10.4 Å². The fraction of sp³-hybridized carbons (Fsp3) is 0.833. The third-order valence-electron chi connectivity index (χ3n) is 3.46. The van der Waals surface area contributed by atoms with Crippen LogP contribution in [0.25, 0.3) is 0 Å². The highest BCUT2D eigenvalue weighted by Gasteiger charge is 2.02. The molecule has 0 fully saturated rings. The SMILES string of the molecule is CCCCCCC[C@H](O)C/C=C/CCC(=O)NCC(C)C. The van der Waals surface area contributed by atoms with Gasteiger partial charge in [0, 0.05) is 13.0 Å². The van der Waals surface area contributed by atoms with Gasteiger partial charge in [-0.25, -0.2) is 0 Å². The molecule has 0 aliphatic rings. The monoisotopic (exact) mass is 297 g/mol. The smallest absolute Gasteiger partial charge is 0.220 e. The first kappa shape index (κ1) is 20.2. The van der Waals surface area contributed by atoms with E-state index in [2.05, 4.69) is 26.1 Å². The molecule has 0 saturated carbocycles. The summed E-state index contributed by atoms with van der Waals surface area (Å²) in [5, 5.41) is 12.7. The number of carbonyl (C=O) groups is 1. The third-order valence-corrected chi connectivity index (χ3v) is 3.46. The Balaban J connectivity index is 3.47. The van der Waals surface area contributed by atoms with E-state index in [0.29, 0.717) is 18.8 Å². The van der Waals surface area contributed by atoms with Crippen LogP contribution in [0.3, 0.4) is 0 Å². The number of aliphatic hydroxyl groups excluding tert-OH is 1. The molecule has 1 amide bonds. The number of hydrogen-bond donors (Lipinski definition) is 2. The van der Waals surface area contributed by atoms with Gasteiger partial charge in [0.1, 0.15) is 0 Å². The Morgan fingerprint density at radius 3 is 2.52 bits per heavy atom. The molecule has 0 aromatic heterocycles. The van der Waals surface area contributed by atoms with Crippen molar-refractivity contribution in [1.82, 2.24) is 5.32 Å². The van der Waals surface area contributed by atoms with Crippen molar-refractivity contribution in [1.29, 1.82) is 0 Å². The maximum Gasteiger partial charge on any atom is 0.220 e. The first-order valence-electron chi connectivity index (χ1n) is 8.66.